The summed E-state index contributed by atoms with van der Waals surface area (Å²) in [6.07, 6.45) is 0. The van der Waals surface area contributed by atoms with Crippen LogP contribution >= 0.6 is 0 Å². The van der Waals surface area contributed by atoms with E-state index >= 15 is 0 Å². The smallest absolute Gasteiger partial charge is 0.0622 e. The molecule has 0 heterocycles. The molecule has 9 aromatic rings. The Morgan fingerprint density at radius 1 is 0.268 bits per heavy atom. The van der Waals surface area contributed by atoms with Crippen LogP contribution in [0.2, 0.25) is 0 Å². The van der Waals surface area contributed by atoms with Crippen LogP contribution < -0.4 is 0 Å². The molecular weight excluding hydrogens is 673 g/mol. The van der Waals surface area contributed by atoms with E-state index in [0.717, 1.165) is 0 Å². The van der Waals surface area contributed by atoms with Gasteiger partial charge >= 0.3 is 0 Å². The van der Waals surface area contributed by atoms with Crippen molar-refractivity contribution in [3.8, 4) is 55.6 Å². The summed E-state index contributed by atoms with van der Waals surface area (Å²) in [6, 6.07) is 83.3. The zero-order valence-electron chi connectivity index (χ0n) is 30.9. The minimum atomic E-state index is -0.448. The van der Waals surface area contributed by atoms with Gasteiger partial charge < -0.3 is 0 Å². The first kappa shape index (κ1) is 32.4. The molecule has 0 radical (unpaired) electrons. The molecule has 0 aromatic heterocycles. The molecule has 1 atom stereocenters. The van der Waals surface area contributed by atoms with E-state index in [9.17, 15) is 0 Å². The molecule has 0 spiro atoms. The molecule has 0 aliphatic heterocycles. The third-order valence-corrected chi connectivity index (χ3v) is 12.2. The van der Waals surface area contributed by atoms with Gasteiger partial charge in [-0.25, -0.2) is 0 Å². The van der Waals surface area contributed by atoms with Crippen molar-refractivity contribution in [2.75, 3.05) is 0 Å². The Labute approximate surface area is 329 Å². The van der Waals surface area contributed by atoms with Crippen molar-refractivity contribution < 1.29 is 0 Å². The van der Waals surface area contributed by atoms with Crippen molar-refractivity contribution in [1.82, 2.24) is 0 Å². The lowest BCUT2D eigenvalue weighted by Crippen LogP contribution is -2.28. The second-order valence-corrected chi connectivity index (χ2v) is 15.2. The van der Waals surface area contributed by atoms with Gasteiger partial charge in [0.15, 0.2) is 0 Å². The first-order valence-electron chi connectivity index (χ1n) is 19.6. The SMILES string of the molecule is c1ccc(-c2cc(-c3ccccc3)cc(-c3cccc(C4c5ccccc5-c5cc6c(cc54)C(c4ccccc4)(c4ccccc4)c4ccccc4-6)c3)c2)cc1. The minimum absolute atomic E-state index is 0.0882. The Balaban J connectivity index is 1.13. The standard InChI is InChI=1S/C56H38/c1-5-18-38(19-6-1)42-33-43(39-20-7-2-8-21-39)35-44(34-42)40-22-17-23-41(32-40)55-49-30-14-13-28-47(49)50-36-51-48-29-15-16-31-53(48)56(54(51)37-52(50)55,45-24-9-3-10-25-45)46-26-11-4-12-27-46/h1-37,55H. The van der Waals surface area contributed by atoms with Crippen LogP contribution in [0.1, 0.15) is 44.9 Å². The zero-order valence-corrected chi connectivity index (χ0v) is 30.9. The first-order valence-corrected chi connectivity index (χ1v) is 19.6. The molecule has 11 rings (SSSR count). The monoisotopic (exact) mass is 710 g/mol. The van der Waals surface area contributed by atoms with Crippen molar-refractivity contribution in [2.45, 2.75) is 11.3 Å². The van der Waals surface area contributed by atoms with Crippen molar-refractivity contribution in [2.24, 2.45) is 0 Å². The van der Waals surface area contributed by atoms with Crippen molar-refractivity contribution in [3.05, 3.63) is 263 Å². The topological polar surface area (TPSA) is 0 Å². The first-order chi connectivity index (χ1) is 27.8. The van der Waals surface area contributed by atoms with Gasteiger partial charge in [-0.3, -0.25) is 0 Å². The molecule has 56 heavy (non-hydrogen) atoms. The van der Waals surface area contributed by atoms with E-state index in [4.69, 9.17) is 0 Å². The lowest BCUT2D eigenvalue weighted by Gasteiger charge is -2.34. The molecular formula is C56H38. The van der Waals surface area contributed by atoms with Gasteiger partial charge in [0.05, 0.1) is 5.41 Å². The fourth-order valence-electron chi connectivity index (χ4n) is 9.78. The maximum Gasteiger partial charge on any atom is 0.0713 e. The molecule has 2 aliphatic rings. The molecule has 0 amide bonds. The fraction of sp³-hybridized carbons (Fsp3) is 0.0357. The molecule has 0 bridgehead atoms. The van der Waals surface area contributed by atoms with Gasteiger partial charge in [0.1, 0.15) is 0 Å². The summed E-state index contributed by atoms with van der Waals surface area (Å²) >= 11 is 0. The summed E-state index contributed by atoms with van der Waals surface area (Å²) in [5, 5.41) is 0. The molecule has 0 N–H and O–H groups in total. The Hall–Kier alpha value is -7.02. The second kappa shape index (κ2) is 13.1. The van der Waals surface area contributed by atoms with Gasteiger partial charge in [-0.05, 0) is 119 Å². The molecule has 0 fully saturated rings. The molecule has 262 valence electrons. The summed E-state index contributed by atoms with van der Waals surface area (Å²) in [5.74, 6) is 0.0882. The van der Waals surface area contributed by atoms with Crippen LogP contribution in [-0.4, -0.2) is 0 Å². The molecule has 2 aliphatic carbocycles. The third-order valence-electron chi connectivity index (χ3n) is 12.2. The van der Waals surface area contributed by atoms with Crippen LogP contribution in [-0.2, 0) is 5.41 Å². The molecule has 0 nitrogen and oxygen atoms in total. The van der Waals surface area contributed by atoms with Gasteiger partial charge in [-0.15, -0.1) is 0 Å². The van der Waals surface area contributed by atoms with E-state index in [1.807, 2.05) is 0 Å². The van der Waals surface area contributed by atoms with E-state index in [1.165, 1.54) is 94.6 Å². The summed E-state index contributed by atoms with van der Waals surface area (Å²) in [5.41, 5.74) is 21.5. The third kappa shape index (κ3) is 5.00. The van der Waals surface area contributed by atoms with E-state index < -0.39 is 5.41 Å². The summed E-state index contributed by atoms with van der Waals surface area (Å²) in [4.78, 5) is 0. The quantitative estimate of drug-likeness (QED) is 0.161. The number of benzene rings is 9. The van der Waals surface area contributed by atoms with Crippen LogP contribution in [0.5, 0.6) is 0 Å². The number of rotatable bonds is 6. The predicted octanol–water partition coefficient (Wildman–Crippen LogP) is 14.2. The van der Waals surface area contributed by atoms with E-state index in [2.05, 4.69) is 224 Å². The summed E-state index contributed by atoms with van der Waals surface area (Å²) in [7, 11) is 0. The van der Waals surface area contributed by atoms with Crippen LogP contribution in [0, 0.1) is 0 Å². The molecule has 9 aromatic carbocycles. The van der Waals surface area contributed by atoms with Crippen LogP contribution in [0.15, 0.2) is 224 Å². The maximum absolute atomic E-state index is 2.57. The van der Waals surface area contributed by atoms with Crippen molar-refractivity contribution in [1.29, 1.82) is 0 Å². The van der Waals surface area contributed by atoms with Gasteiger partial charge in [0, 0.05) is 5.92 Å². The van der Waals surface area contributed by atoms with Crippen LogP contribution in [0.3, 0.4) is 0 Å². The molecule has 0 saturated heterocycles. The Morgan fingerprint density at radius 2 is 0.768 bits per heavy atom. The number of hydrogen-bond donors (Lipinski definition) is 0. The average molecular weight is 711 g/mol. The van der Waals surface area contributed by atoms with Crippen molar-refractivity contribution in [3.63, 3.8) is 0 Å². The summed E-state index contributed by atoms with van der Waals surface area (Å²) in [6.45, 7) is 0. The zero-order chi connectivity index (χ0) is 37.1. The lowest BCUT2D eigenvalue weighted by atomic mass is 9.67. The molecule has 0 saturated carbocycles. The highest BCUT2D eigenvalue weighted by Gasteiger charge is 2.47. The van der Waals surface area contributed by atoms with Crippen LogP contribution in [0.25, 0.3) is 55.6 Å². The van der Waals surface area contributed by atoms with E-state index in [1.54, 1.807) is 0 Å². The molecule has 0 heteroatoms. The van der Waals surface area contributed by atoms with Crippen LogP contribution in [0.4, 0.5) is 0 Å². The number of hydrogen-bond acceptors (Lipinski definition) is 0. The summed E-state index contributed by atoms with van der Waals surface area (Å²) < 4.78 is 0. The predicted molar refractivity (Wildman–Crippen MR) is 233 cm³/mol. The van der Waals surface area contributed by atoms with E-state index in [-0.39, 0.29) is 5.92 Å². The highest BCUT2D eigenvalue weighted by atomic mass is 14.5. The highest BCUT2D eigenvalue weighted by molar-refractivity contribution is 5.93. The normalized spacial score (nSPS) is 14.4. The minimum Gasteiger partial charge on any atom is -0.0622 e. The maximum atomic E-state index is 2.57. The van der Waals surface area contributed by atoms with Gasteiger partial charge in [0.25, 0.3) is 0 Å². The number of fused-ring (bicyclic) bond motifs is 6. The largest absolute Gasteiger partial charge is 0.0713 e. The Bertz CT molecular complexity index is 2790. The Kier molecular flexibility index (Phi) is 7.57. The fourth-order valence-corrected chi connectivity index (χ4v) is 9.78. The van der Waals surface area contributed by atoms with Gasteiger partial charge in [0.2, 0.25) is 0 Å². The van der Waals surface area contributed by atoms with Gasteiger partial charge in [-0.2, -0.15) is 0 Å². The van der Waals surface area contributed by atoms with Crippen molar-refractivity contribution >= 4 is 0 Å². The lowest BCUT2D eigenvalue weighted by molar-refractivity contribution is 0.766. The van der Waals surface area contributed by atoms with E-state index in [0.29, 0.717) is 0 Å². The second-order valence-electron chi connectivity index (χ2n) is 15.2. The Morgan fingerprint density at radius 3 is 1.39 bits per heavy atom. The average Bonchev–Trinajstić information content (AvgIpc) is 3.76. The molecule has 1 unspecified atom stereocenters. The highest BCUT2D eigenvalue weighted by Crippen LogP contribution is 2.60. The van der Waals surface area contributed by atoms with Gasteiger partial charge in [-0.1, -0.05) is 200 Å².